The van der Waals surface area contributed by atoms with E-state index in [4.69, 9.17) is 16.1 Å². The van der Waals surface area contributed by atoms with E-state index in [1.807, 2.05) is 0 Å². The van der Waals surface area contributed by atoms with Gasteiger partial charge in [0.15, 0.2) is 5.69 Å². The number of nitrogens with zero attached hydrogens (tertiary/aromatic N) is 1. The van der Waals surface area contributed by atoms with E-state index in [1.165, 1.54) is 0 Å². The molecular weight excluding hydrogens is 276 g/mol. The fraction of sp³-hybridized carbons (Fsp3) is 0.333. The number of benzene rings is 1. The summed E-state index contributed by atoms with van der Waals surface area (Å²) in [5.74, 6) is 1.16. The predicted molar refractivity (Wildman–Crippen MR) is 77.1 cm³/mol. The van der Waals surface area contributed by atoms with Gasteiger partial charge in [-0.2, -0.15) is 0 Å². The van der Waals surface area contributed by atoms with E-state index in [2.05, 4.69) is 17.4 Å². The molecular formula is C15H15ClN2O2. The fourth-order valence-electron chi connectivity index (χ4n) is 2.51. The normalized spacial score (nSPS) is 17.6. The van der Waals surface area contributed by atoms with E-state index in [0.717, 1.165) is 30.6 Å². The molecule has 1 N–H and O–H groups in total. The number of halogens is 1. The lowest BCUT2D eigenvalue weighted by molar-refractivity contribution is 0.101. The molecule has 0 saturated heterocycles. The average Bonchev–Trinajstić information content (AvgIpc) is 2.81. The Hall–Kier alpha value is -1.81. The second-order valence-corrected chi connectivity index (χ2v) is 5.68. The summed E-state index contributed by atoms with van der Waals surface area (Å²) in [6.45, 7) is 2.18. The van der Waals surface area contributed by atoms with Gasteiger partial charge in [0.25, 0.3) is 5.91 Å². The van der Waals surface area contributed by atoms with Crippen LogP contribution in [0.25, 0.3) is 0 Å². The monoisotopic (exact) mass is 290 g/mol. The highest BCUT2D eigenvalue weighted by Crippen LogP contribution is 2.28. The highest BCUT2D eigenvalue weighted by molar-refractivity contribution is 6.30. The first kappa shape index (κ1) is 13.2. The molecule has 2 aromatic rings. The number of aryl methyl sites for hydroxylation is 1. The Balaban J connectivity index is 1.83. The summed E-state index contributed by atoms with van der Waals surface area (Å²) in [6.07, 6.45) is 2.78. The molecule has 1 aliphatic rings. The fourth-order valence-corrected chi connectivity index (χ4v) is 2.70. The van der Waals surface area contributed by atoms with Gasteiger partial charge in [0, 0.05) is 22.7 Å². The molecule has 0 spiro atoms. The SMILES string of the molecule is C[C@@H]1CCc2onc(C(=O)Nc3cccc(Cl)c3)c2C1. The molecule has 0 aliphatic heterocycles. The van der Waals surface area contributed by atoms with Crippen LogP contribution in [0.15, 0.2) is 28.8 Å². The van der Waals surface area contributed by atoms with Crippen molar-refractivity contribution >= 4 is 23.2 Å². The summed E-state index contributed by atoms with van der Waals surface area (Å²) in [7, 11) is 0. The van der Waals surface area contributed by atoms with Crippen LogP contribution in [0.3, 0.4) is 0 Å². The van der Waals surface area contributed by atoms with Crippen LogP contribution in [-0.2, 0) is 12.8 Å². The molecule has 1 aromatic heterocycles. The number of amides is 1. The van der Waals surface area contributed by atoms with Gasteiger partial charge in [-0.1, -0.05) is 29.7 Å². The van der Waals surface area contributed by atoms with Gasteiger partial charge >= 0.3 is 0 Å². The molecule has 1 heterocycles. The van der Waals surface area contributed by atoms with Gasteiger partial charge in [0.05, 0.1) is 0 Å². The Kier molecular flexibility index (Phi) is 3.49. The number of anilines is 1. The Labute approximate surface area is 122 Å². The van der Waals surface area contributed by atoms with E-state index in [-0.39, 0.29) is 5.91 Å². The third kappa shape index (κ3) is 2.56. The Bertz CT molecular complexity index is 651. The Morgan fingerprint density at radius 3 is 3.15 bits per heavy atom. The molecule has 1 atom stereocenters. The molecule has 1 aliphatic carbocycles. The van der Waals surface area contributed by atoms with Crippen LogP contribution in [-0.4, -0.2) is 11.1 Å². The second kappa shape index (κ2) is 5.29. The minimum Gasteiger partial charge on any atom is -0.360 e. The van der Waals surface area contributed by atoms with Crippen molar-refractivity contribution in [1.29, 1.82) is 0 Å². The molecule has 0 fully saturated rings. The quantitative estimate of drug-likeness (QED) is 0.917. The largest absolute Gasteiger partial charge is 0.360 e. The first-order chi connectivity index (χ1) is 9.63. The zero-order valence-corrected chi connectivity index (χ0v) is 11.9. The van der Waals surface area contributed by atoms with Gasteiger partial charge in [-0.25, -0.2) is 0 Å². The van der Waals surface area contributed by atoms with Crippen molar-refractivity contribution in [2.45, 2.75) is 26.2 Å². The maximum absolute atomic E-state index is 12.3. The summed E-state index contributed by atoms with van der Waals surface area (Å²) in [5, 5.41) is 7.32. The second-order valence-electron chi connectivity index (χ2n) is 5.25. The van der Waals surface area contributed by atoms with Gasteiger partial charge < -0.3 is 9.84 Å². The van der Waals surface area contributed by atoms with Crippen molar-refractivity contribution in [2.24, 2.45) is 5.92 Å². The number of nitrogens with one attached hydrogen (secondary N) is 1. The van der Waals surface area contributed by atoms with Gasteiger partial charge in [0.2, 0.25) is 0 Å². The number of aromatic nitrogens is 1. The van der Waals surface area contributed by atoms with E-state index in [9.17, 15) is 4.79 Å². The third-order valence-electron chi connectivity index (χ3n) is 3.58. The zero-order valence-electron chi connectivity index (χ0n) is 11.1. The van der Waals surface area contributed by atoms with Gasteiger partial charge in [-0.15, -0.1) is 0 Å². The van der Waals surface area contributed by atoms with Crippen molar-refractivity contribution in [3.63, 3.8) is 0 Å². The molecule has 0 unspecified atom stereocenters. The molecule has 1 aromatic carbocycles. The summed E-state index contributed by atoms with van der Waals surface area (Å²) in [5.41, 5.74) is 2.00. The lowest BCUT2D eigenvalue weighted by atomic mass is 9.88. The van der Waals surface area contributed by atoms with Gasteiger partial charge in [-0.05, 0) is 37.0 Å². The molecule has 3 rings (SSSR count). The molecule has 104 valence electrons. The van der Waals surface area contributed by atoms with Crippen LogP contribution in [0.4, 0.5) is 5.69 Å². The first-order valence-corrected chi connectivity index (χ1v) is 7.05. The van der Waals surface area contributed by atoms with Crippen LogP contribution in [0.1, 0.15) is 35.2 Å². The minimum atomic E-state index is -0.244. The minimum absolute atomic E-state index is 0.244. The van der Waals surface area contributed by atoms with Crippen LogP contribution < -0.4 is 5.32 Å². The predicted octanol–water partition coefficient (Wildman–Crippen LogP) is 3.71. The summed E-state index contributed by atoms with van der Waals surface area (Å²) >= 11 is 5.90. The van der Waals surface area contributed by atoms with Crippen LogP contribution in [0.2, 0.25) is 5.02 Å². The lowest BCUT2D eigenvalue weighted by Crippen LogP contribution is -2.17. The first-order valence-electron chi connectivity index (χ1n) is 6.68. The molecule has 20 heavy (non-hydrogen) atoms. The standard InChI is InChI=1S/C15H15ClN2O2/c1-9-5-6-13-12(7-9)14(18-20-13)15(19)17-11-4-2-3-10(16)8-11/h2-4,8-9H,5-7H2,1H3,(H,17,19)/t9-/m1/s1. The Morgan fingerprint density at radius 1 is 1.50 bits per heavy atom. The number of fused-ring (bicyclic) bond motifs is 1. The number of hydrogen-bond donors (Lipinski definition) is 1. The molecule has 0 radical (unpaired) electrons. The summed E-state index contributed by atoms with van der Waals surface area (Å²) < 4.78 is 5.28. The highest BCUT2D eigenvalue weighted by atomic mass is 35.5. The lowest BCUT2D eigenvalue weighted by Gasteiger charge is -2.16. The van der Waals surface area contributed by atoms with Crippen LogP contribution >= 0.6 is 11.6 Å². The van der Waals surface area contributed by atoms with E-state index < -0.39 is 0 Å². The molecule has 4 nitrogen and oxygen atoms in total. The van der Waals surface area contributed by atoms with Gasteiger partial charge in [-0.3, -0.25) is 4.79 Å². The van der Waals surface area contributed by atoms with Crippen molar-refractivity contribution in [2.75, 3.05) is 5.32 Å². The highest BCUT2D eigenvalue weighted by Gasteiger charge is 2.26. The molecule has 0 saturated carbocycles. The van der Waals surface area contributed by atoms with E-state index >= 15 is 0 Å². The average molecular weight is 291 g/mol. The van der Waals surface area contributed by atoms with E-state index in [1.54, 1.807) is 24.3 Å². The third-order valence-corrected chi connectivity index (χ3v) is 3.82. The number of carbonyl (C=O) groups is 1. The molecule has 1 amide bonds. The smallest absolute Gasteiger partial charge is 0.278 e. The number of hydrogen-bond acceptors (Lipinski definition) is 3. The zero-order chi connectivity index (χ0) is 14.1. The molecule has 5 heteroatoms. The summed E-state index contributed by atoms with van der Waals surface area (Å²) in [4.78, 5) is 12.3. The summed E-state index contributed by atoms with van der Waals surface area (Å²) in [6, 6.07) is 7.04. The molecule has 0 bridgehead atoms. The maximum Gasteiger partial charge on any atom is 0.278 e. The number of rotatable bonds is 2. The van der Waals surface area contributed by atoms with Crippen molar-refractivity contribution in [3.8, 4) is 0 Å². The maximum atomic E-state index is 12.3. The Morgan fingerprint density at radius 2 is 2.35 bits per heavy atom. The van der Waals surface area contributed by atoms with Crippen LogP contribution in [0.5, 0.6) is 0 Å². The topological polar surface area (TPSA) is 55.1 Å². The van der Waals surface area contributed by atoms with E-state index in [0.29, 0.717) is 22.3 Å². The van der Waals surface area contributed by atoms with Crippen LogP contribution in [0, 0.1) is 5.92 Å². The van der Waals surface area contributed by atoms with Crippen molar-refractivity contribution in [3.05, 3.63) is 46.3 Å². The van der Waals surface area contributed by atoms with Crippen molar-refractivity contribution in [1.82, 2.24) is 5.16 Å². The van der Waals surface area contributed by atoms with Crippen molar-refractivity contribution < 1.29 is 9.32 Å². The van der Waals surface area contributed by atoms with Gasteiger partial charge in [0.1, 0.15) is 5.76 Å². The number of carbonyl (C=O) groups excluding carboxylic acids is 1.